The summed E-state index contributed by atoms with van der Waals surface area (Å²) in [5.74, 6) is -0.682. The van der Waals surface area contributed by atoms with Crippen molar-refractivity contribution in [3.8, 4) is 0 Å². The normalized spacial score (nSPS) is 18.7. The number of nitrogens with two attached hydrogens (primary N) is 2. The molecule has 0 radical (unpaired) electrons. The molecule has 0 bridgehead atoms. The minimum atomic E-state index is -5.16. The first kappa shape index (κ1) is 21.2. The molecule has 7 nitrogen and oxygen atoms in total. The lowest BCUT2D eigenvalue weighted by Crippen LogP contribution is -2.51. The number of pyridine rings is 1. The Morgan fingerprint density at radius 1 is 1.10 bits per heavy atom. The van der Waals surface area contributed by atoms with Gasteiger partial charge in [0.25, 0.3) is 0 Å². The molecule has 2 aromatic heterocycles. The Bertz CT molecular complexity index is 852. The highest BCUT2D eigenvalue weighted by Crippen LogP contribution is 2.42. The zero-order valence-corrected chi connectivity index (χ0v) is 14.8. The van der Waals surface area contributed by atoms with Gasteiger partial charge in [0, 0.05) is 30.9 Å². The van der Waals surface area contributed by atoms with E-state index in [4.69, 9.17) is 11.5 Å². The average Bonchev–Trinajstić information content (AvgIpc) is 3.02. The monoisotopic (exact) mass is 424 g/mol. The number of anilines is 2. The van der Waals surface area contributed by atoms with E-state index in [9.17, 15) is 31.4 Å². The quantitative estimate of drug-likeness (QED) is 0.444. The number of halogens is 6. The van der Waals surface area contributed by atoms with Gasteiger partial charge in [0.1, 0.15) is 5.82 Å². The zero-order valence-electron chi connectivity index (χ0n) is 14.8. The number of H-pyrrole nitrogens is 1. The molecule has 0 saturated carbocycles. The summed E-state index contributed by atoms with van der Waals surface area (Å²) in [6, 6.07) is 2.16. The van der Waals surface area contributed by atoms with Crippen LogP contribution in [0.5, 0.6) is 0 Å². The predicted octanol–water partition coefficient (Wildman–Crippen LogP) is 2.46. The number of nitrogens with one attached hydrogen (secondary N) is 1. The molecule has 13 heteroatoms. The van der Waals surface area contributed by atoms with Gasteiger partial charge in [0.2, 0.25) is 5.72 Å². The SMILES string of the molecule is Nc1n[nH]c(C2CCN(c3ccc(C(F)(F)F)cn3)CC2)c1C(N)(O)C(F)(F)F. The van der Waals surface area contributed by atoms with E-state index in [0.29, 0.717) is 31.7 Å². The molecule has 160 valence electrons. The summed E-state index contributed by atoms with van der Waals surface area (Å²) in [6.07, 6.45) is -8.28. The molecule has 0 spiro atoms. The average molecular weight is 424 g/mol. The van der Waals surface area contributed by atoms with Crippen LogP contribution in [0.25, 0.3) is 0 Å². The van der Waals surface area contributed by atoms with Crippen molar-refractivity contribution in [3.05, 3.63) is 35.2 Å². The molecule has 1 fully saturated rings. The molecule has 0 aromatic carbocycles. The topological polar surface area (TPSA) is 117 Å². The Morgan fingerprint density at radius 3 is 2.21 bits per heavy atom. The van der Waals surface area contributed by atoms with Gasteiger partial charge in [0.05, 0.1) is 11.1 Å². The molecule has 0 aliphatic carbocycles. The Kier molecular flexibility index (Phi) is 5.15. The number of hydrogen-bond acceptors (Lipinski definition) is 6. The van der Waals surface area contributed by atoms with Gasteiger partial charge in [-0.15, -0.1) is 0 Å². The van der Waals surface area contributed by atoms with Crippen LogP contribution in [-0.4, -0.2) is 39.6 Å². The van der Waals surface area contributed by atoms with Crippen molar-refractivity contribution in [1.29, 1.82) is 0 Å². The van der Waals surface area contributed by atoms with Crippen molar-refractivity contribution in [1.82, 2.24) is 15.2 Å². The predicted molar refractivity (Wildman–Crippen MR) is 90.6 cm³/mol. The van der Waals surface area contributed by atoms with Gasteiger partial charge < -0.3 is 15.7 Å². The molecule has 1 aliphatic heterocycles. The van der Waals surface area contributed by atoms with Crippen molar-refractivity contribution in [3.63, 3.8) is 0 Å². The van der Waals surface area contributed by atoms with Crippen molar-refractivity contribution in [2.75, 3.05) is 23.7 Å². The smallest absolute Gasteiger partial charge is 0.382 e. The minimum Gasteiger partial charge on any atom is -0.382 e. The molecule has 0 amide bonds. The number of aliphatic hydroxyl groups is 1. The molecule has 2 aromatic rings. The number of alkyl halides is 6. The summed E-state index contributed by atoms with van der Waals surface area (Å²) in [7, 11) is 0. The number of aromatic nitrogens is 3. The van der Waals surface area contributed by atoms with Crippen LogP contribution in [0.2, 0.25) is 0 Å². The molecule has 1 atom stereocenters. The van der Waals surface area contributed by atoms with Gasteiger partial charge in [-0.25, -0.2) is 4.98 Å². The first-order valence-corrected chi connectivity index (χ1v) is 8.52. The van der Waals surface area contributed by atoms with E-state index in [2.05, 4.69) is 15.2 Å². The largest absolute Gasteiger partial charge is 0.435 e. The summed E-state index contributed by atoms with van der Waals surface area (Å²) in [5, 5.41) is 15.8. The lowest BCUT2D eigenvalue weighted by atomic mass is 9.88. The Morgan fingerprint density at radius 2 is 1.72 bits per heavy atom. The third-order valence-electron chi connectivity index (χ3n) is 4.94. The summed E-state index contributed by atoms with van der Waals surface area (Å²) < 4.78 is 77.4. The van der Waals surface area contributed by atoms with E-state index in [1.54, 1.807) is 4.90 Å². The molecule has 3 heterocycles. The van der Waals surface area contributed by atoms with E-state index >= 15 is 0 Å². The second kappa shape index (κ2) is 7.06. The maximum Gasteiger partial charge on any atom is 0.435 e. The van der Waals surface area contributed by atoms with Crippen molar-refractivity contribution < 1.29 is 31.4 Å². The van der Waals surface area contributed by atoms with Crippen LogP contribution in [0, 0.1) is 0 Å². The minimum absolute atomic E-state index is 0.00939. The number of nitrogen functional groups attached to an aromatic ring is 1. The van der Waals surface area contributed by atoms with E-state index in [1.165, 1.54) is 6.07 Å². The first-order valence-electron chi connectivity index (χ1n) is 8.52. The highest BCUT2D eigenvalue weighted by atomic mass is 19.4. The van der Waals surface area contributed by atoms with E-state index in [-0.39, 0.29) is 5.69 Å². The Labute approximate surface area is 160 Å². The third-order valence-corrected chi connectivity index (χ3v) is 4.94. The van der Waals surface area contributed by atoms with Gasteiger partial charge in [0.15, 0.2) is 5.82 Å². The molecule has 3 rings (SSSR count). The van der Waals surface area contributed by atoms with Crippen LogP contribution in [0.15, 0.2) is 18.3 Å². The summed E-state index contributed by atoms with van der Waals surface area (Å²) >= 11 is 0. The number of rotatable bonds is 3. The maximum absolute atomic E-state index is 13.2. The van der Waals surface area contributed by atoms with Crippen LogP contribution >= 0.6 is 0 Å². The van der Waals surface area contributed by atoms with E-state index < -0.39 is 40.9 Å². The first-order chi connectivity index (χ1) is 13.3. The maximum atomic E-state index is 13.2. The second-order valence-corrected chi connectivity index (χ2v) is 6.83. The fourth-order valence-electron chi connectivity index (χ4n) is 3.35. The van der Waals surface area contributed by atoms with Crippen LogP contribution in [0.4, 0.5) is 38.0 Å². The van der Waals surface area contributed by atoms with Crippen LogP contribution in [0.1, 0.15) is 35.6 Å². The number of piperidine rings is 1. The highest BCUT2D eigenvalue weighted by molar-refractivity contribution is 5.48. The van der Waals surface area contributed by atoms with Crippen LogP contribution in [-0.2, 0) is 11.9 Å². The van der Waals surface area contributed by atoms with Crippen molar-refractivity contribution in [2.24, 2.45) is 5.73 Å². The third kappa shape index (κ3) is 3.96. The standard InChI is InChI=1S/C16H18F6N6O/c17-15(18,19)9-1-2-10(25-7-9)28-5-3-8(4-6-28)12-11(13(23)27-26-12)14(24,29)16(20,21)22/h1-2,7-8,29H,3-6,24H2,(H3,23,26,27). The Balaban J connectivity index is 1.75. The molecule has 29 heavy (non-hydrogen) atoms. The Hall–Kier alpha value is -2.54. The molecular formula is C16H18F6N6O. The summed E-state index contributed by atoms with van der Waals surface area (Å²) in [6.45, 7) is 0.632. The van der Waals surface area contributed by atoms with Crippen molar-refractivity contribution in [2.45, 2.75) is 36.8 Å². The molecule has 1 saturated heterocycles. The van der Waals surface area contributed by atoms with E-state index in [1.807, 2.05) is 0 Å². The molecule has 6 N–H and O–H groups in total. The molecule has 1 aliphatic rings. The van der Waals surface area contributed by atoms with E-state index in [0.717, 1.165) is 12.3 Å². The highest BCUT2D eigenvalue weighted by Gasteiger charge is 2.55. The van der Waals surface area contributed by atoms with Gasteiger partial charge in [-0.3, -0.25) is 10.8 Å². The van der Waals surface area contributed by atoms with Crippen LogP contribution < -0.4 is 16.4 Å². The fraction of sp³-hybridized carbons (Fsp3) is 0.500. The molecule has 1 unspecified atom stereocenters. The summed E-state index contributed by atoms with van der Waals surface area (Å²) in [4.78, 5) is 5.53. The lowest BCUT2D eigenvalue weighted by Gasteiger charge is -2.34. The molecular weight excluding hydrogens is 406 g/mol. The van der Waals surface area contributed by atoms with Gasteiger partial charge in [-0.05, 0) is 25.0 Å². The number of hydrogen-bond donors (Lipinski definition) is 4. The zero-order chi connectivity index (χ0) is 21.6. The number of nitrogens with zero attached hydrogens (tertiary/aromatic N) is 3. The fourth-order valence-corrected chi connectivity index (χ4v) is 3.35. The van der Waals surface area contributed by atoms with Gasteiger partial charge >= 0.3 is 12.4 Å². The lowest BCUT2D eigenvalue weighted by molar-refractivity contribution is -0.264. The van der Waals surface area contributed by atoms with Gasteiger partial charge in [-0.2, -0.15) is 31.4 Å². The van der Waals surface area contributed by atoms with Gasteiger partial charge in [-0.1, -0.05) is 0 Å². The summed E-state index contributed by atoms with van der Waals surface area (Å²) in [5.41, 5.74) is 5.36. The number of aromatic amines is 1. The van der Waals surface area contributed by atoms with Crippen LogP contribution in [0.3, 0.4) is 0 Å². The van der Waals surface area contributed by atoms with Crippen molar-refractivity contribution >= 4 is 11.6 Å². The second-order valence-electron chi connectivity index (χ2n) is 6.83.